The molecule has 0 aliphatic rings. The predicted molar refractivity (Wildman–Crippen MR) is 116 cm³/mol. The van der Waals surface area contributed by atoms with Crippen LogP contribution in [-0.4, -0.2) is 11.7 Å². The fourth-order valence-corrected chi connectivity index (χ4v) is 3.69. The van der Waals surface area contributed by atoms with Gasteiger partial charge in [0.1, 0.15) is 5.75 Å². The lowest BCUT2D eigenvalue weighted by atomic mass is 10.1. The molecule has 0 radical (unpaired) electrons. The van der Waals surface area contributed by atoms with Crippen LogP contribution in [0.3, 0.4) is 0 Å². The lowest BCUT2D eigenvalue weighted by Gasteiger charge is -2.06. The Morgan fingerprint density at radius 1 is 0.857 bits per heavy atom. The van der Waals surface area contributed by atoms with E-state index >= 15 is 0 Å². The van der Waals surface area contributed by atoms with Crippen molar-refractivity contribution in [2.45, 2.75) is 26.6 Å². The first-order valence-electron chi connectivity index (χ1n) is 9.69. The number of hydrogen-bond acceptors (Lipinski definition) is 2. The minimum atomic E-state index is 0.819. The zero-order chi connectivity index (χ0) is 19.3. The van der Waals surface area contributed by atoms with Crippen molar-refractivity contribution >= 4 is 10.9 Å². The van der Waals surface area contributed by atoms with E-state index in [-0.39, 0.29) is 0 Å². The molecule has 4 aromatic rings. The number of ether oxygens (including phenoxy) is 1. The molecule has 0 spiro atoms. The first kappa shape index (κ1) is 18.3. The van der Waals surface area contributed by atoms with Crippen LogP contribution in [0.2, 0.25) is 0 Å². The quantitative estimate of drug-likeness (QED) is 0.478. The van der Waals surface area contributed by atoms with Gasteiger partial charge in [0.2, 0.25) is 0 Å². The topological polar surface area (TPSA) is 26.2 Å². The van der Waals surface area contributed by atoms with Crippen molar-refractivity contribution in [3.8, 4) is 5.75 Å². The van der Waals surface area contributed by atoms with Crippen molar-refractivity contribution in [1.82, 2.24) is 9.88 Å². The van der Waals surface area contributed by atoms with Gasteiger partial charge in [0.25, 0.3) is 0 Å². The zero-order valence-electron chi connectivity index (χ0n) is 16.5. The van der Waals surface area contributed by atoms with Crippen molar-refractivity contribution in [1.29, 1.82) is 0 Å². The maximum Gasteiger partial charge on any atom is 0.119 e. The first-order valence-corrected chi connectivity index (χ1v) is 9.69. The molecule has 28 heavy (non-hydrogen) atoms. The van der Waals surface area contributed by atoms with Crippen LogP contribution in [0.1, 0.15) is 22.3 Å². The molecule has 1 aromatic heterocycles. The van der Waals surface area contributed by atoms with Gasteiger partial charge in [-0.1, -0.05) is 60.2 Å². The van der Waals surface area contributed by atoms with Gasteiger partial charge in [-0.3, -0.25) is 0 Å². The van der Waals surface area contributed by atoms with Crippen LogP contribution in [0.15, 0.2) is 79.0 Å². The Kier molecular flexibility index (Phi) is 5.45. The van der Waals surface area contributed by atoms with E-state index in [0.29, 0.717) is 0 Å². The summed E-state index contributed by atoms with van der Waals surface area (Å²) in [6.45, 7) is 4.67. The van der Waals surface area contributed by atoms with Crippen LogP contribution in [0.25, 0.3) is 10.9 Å². The molecule has 3 heteroatoms. The van der Waals surface area contributed by atoms with E-state index in [2.05, 4.69) is 89.7 Å². The molecule has 0 atom stereocenters. The molecule has 4 rings (SSSR count). The third-order valence-electron chi connectivity index (χ3n) is 5.09. The summed E-state index contributed by atoms with van der Waals surface area (Å²) in [6, 6.07) is 25.6. The lowest BCUT2D eigenvalue weighted by molar-refractivity contribution is 0.415. The molecule has 142 valence electrons. The Labute approximate surface area is 166 Å². The van der Waals surface area contributed by atoms with Crippen LogP contribution in [0.4, 0.5) is 0 Å². The van der Waals surface area contributed by atoms with Crippen molar-refractivity contribution in [2.24, 2.45) is 0 Å². The average molecular weight is 370 g/mol. The highest BCUT2D eigenvalue weighted by Gasteiger charge is 2.10. The number of benzene rings is 3. The fraction of sp³-hybridized carbons (Fsp3) is 0.200. The Hall–Kier alpha value is -3.04. The Morgan fingerprint density at radius 2 is 1.68 bits per heavy atom. The monoisotopic (exact) mass is 370 g/mol. The van der Waals surface area contributed by atoms with Gasteiger partial charge < -0.3 is 14.6 Å². The SMILES string of the molecule is COc1ccc2c(c1)c(CNCc1cccc(C)c1)cn2Cc1ccccc1. The van der Waals surface area contributed by atoms with Crippen molar-refractivity contribution in [3.63, 3.8) is 0 Å². The number of nitrogens with one attached hydrogen (secondary N) is 1. The highest BCUT2D eigenvalue weighted by molar-refractivity contribution is 5.85. The van der Waals surface area contributed by atoms with Crippen LogP contribution >= 0.6 is 0 Å². The smallest absolute Gasteiger partial charge is 0.119 e. The number of aromatic nitrogens is 1. The van der Waals surface area contributed by atoms with E-state index in [4.69, 9.17) is 4.74 Å². The maximum absolute atomic E-state index is 5.46. The second-order valence-corrected chi connectivity index (χ2v) is 7.24. The van der Waals surface area contributed by atoms with Crippen molar-refractivity contribution < 1.29 is 4.74 Å². The van der Waals surface area contributed by atoms with Crippen molar-refractivity contribution in [2.75, 3.05) is 7.11 Å². The molecule has 0 aliphatic heterocycles. The molecule has 1 N–H and O–H groups in total. The zero-order valence-corrected chi connectivity index (χ0v) is 16.5. The molecule has 3 nitrogen and oxygen atoms in total. The highest BCUT2D eigenvalue weighted by Crippen LogP contribution is 2.27. The van der Waals surface area contributed by atoms with Crippen LogP contribution in [0.5, 0.6) is 5.75 Å². The standard InChI is InChI=1S/C25H26N2O/c1-19-7-6-10-21(13-19)15-26-16-22-18-27(17-20-8-4-3-5-9-20)25-12-11-23(28-2)14-24(22)25/h3-14,18,26H,15-17H2,1-2H3. The number of rotatable bonds is 7. The van der Waals surface area contributed by atoms with E-state index in [1.54, 1.807) is 7.11 Å². The van der Waals surface area contributed by atoms with Gasteiger partial charge >= 0.3 is 0 Å². The number of methoxy groups -OCH3 is 1. The largest absolute Gasteiger partial charge is 0.497 e. The van der Waals surface area contributed by atoms with E-state index in [1.165, 1.54) is 33.2 Å². The normalized spacial score (nSPS) is 11.1. The second kappa shape index (κ2) is 8.32. The summed E-state index contributed by atoms with van der Waals surface area (Å²) in [7, 11) is 1.72. The van der Waals surface area contributed by atoms with Gasteiger partial charge in [0.15, 0.2) is 0 Å². The summed E-state index contributed by atoms with van der Waals surface area (Å²) in [5.41, 5.74) is 6.43. The molecule has 0 saturated heterocycles. The Morgan fingerprint density at radius 3 is 2.46 bits per heavy atom. The van der Waals surface area contributed by atoms with Gasteiger partial charge in [-0.25, -0.2) is 0 Å². The third-order valence-corrected chi connectivity index (χ3v) is 5.09. The van der Waals surface area contributed by atoms with Gasteiger partial charge in [0.05, 0.1) is 7.11 Å². The summed E-state index contributed by atoms with van der Waals surface area (Å²) in [5, 5.41) is 4.84. The fourth-order valence-electron chi connectivity index (χ4n) is 3.69. The Bertz CT molecular complexity index is 1070. The average Bonchev–Trinajstić information content (AvgIpc) is 3.05. The van der Waals surface area contributed by atoms with Gasteiger partial charge in [-0.15, -0.1) is 0 Å². The molecule has 0 fully saturated rings. The molecular weight excluding hydrogens is 344 g/mol. The van der Waals surface area contributed by atoms with Gasteiger partial charge in [-0.2, -0.15) is 0 Å². The number of fused-ring (bicyclic) bond motifs is 1. The second-order valence-electron chi connectivity index (χ2n) is 7.24. The molecule has 0 bridgehead atoms. The molecule has 0 unspecified atom stereocenters. The van der Waals surface area contributed by atoms with Crippen LogP contribution in [0, 0.1) is 6.92 Å². The first-order chi connectivity index (χ1) is 13.7. The third kappa shape index (κ3) is 4.10. The predicted octanol–water partition coefficient (Wildman–Crippen LogP) is 5.30. The molecular formula is C25H26N2O. The van der Waals surface area contributed by atoms with E-state index in [1.807, 2.05) is 6.07 Å². The maximum atomic E-state index is 5.46. The Balaban J connectivity index is 1.59. The molecule has 0 amide bonds. The van der Waals surface area contributed by atoms with Crippen LogP contribution < -0.4 is 10.1 Å². The summed E-state index contributed by atoms with van der Waals surface area (Å²) in [5.74, 6) is 0.893. The lowest BCUT2D eigenvalue weighted by Crippen LogP contribution is -2.12. The number of hydrogen-bond donors (Lipinski definition) is 1. The number of nitrogens with zero attached hydrogens (tertiary/aromatic N) is 1. The van der Waals surface area contributed by atoms with Gasteiger partial charge in [-0.05, 0) is 41.8 Å². The molecule has 0 aliphatic carbocycles. The van der Waals surface area contributed by atoms with Crippen molar-refractivity contribution in [3.05, 3.63) is 101 Å². The molecule has 3 aromatic carbocycles. The molecule has 1 heterocycles. The summed E-state index contributed by atoms with van der Waals surface area (Å²) < 4.78 is 7.79. The molecule has 0 saturated carbocycles. The van der Waals surface area contributed by atoms with E-state index < -0.39 is 0 Å². The minimum absolute atomic E-state index is 0.819. The minimum Gasteiger partial charge on any atom is -0.497 e. The summed E-state index contributed by atoms with van der Waals surface area (Å²) in [6.07, 6.45) is 2.26. The van der Waals surface area contributed by atoms with E-state index in [9.17, 15) is 0 Å². The van der Waals surface area contributed by atoms with E-state index in [0.717, 1.165) is 25.4 Å². The summed E-state index contributed by atoms with van der Waals surface area (Å²) >= 11 is 0. The number of aryl methyl sites for hydroxylation is 1. The van der Waals surface area contributed by atoms with Crippen LogP contribution in [-0.2, 0) is 19.6 Å². The summed E-state index contributed by atoms with van der Waals surface area (Å²) in [4.78, 5) is 0. The highest BCUT2D eigenvalue weighted by atomic mass is 16.5. The van der Waals surface area contributed by atoms with Gasteiger partial charge in [0, 0.05) is 36.7 Å².